The molecule has 0 aliphatic heterocycles. The van der Waals surface area contributed by atoms with E-state index < -0.39 is 0 Å². The highest BCUT2D eigenvalue weighted by Crippen LogP contribution is 2.09. The summed E-state index contributed by atoms with van der Waals surface area (Å²) in [6.07, 6.45) is 0.352. The number of amides is 2. The van der Waals surface area contributed by atoms with Gasteiger partial charge in [-0.25, -0.2) is 0 Å². The largest absolute Gasteiger partial charge is 0.347 e. The molecule has 0 fully saturated rings. The Labute approximate surface area is 143 Å². The summed E-state index contributed by atoms with van der Waals surface area (Å²) in [5.41, 5.74) is 1.33. The van der Waals surface area contributed by atoms with Gasteiger partial charge in [0.15, 0.2) is 13.1 Å². The number of rotatable bonds is 7. The SMILES string of the molecule is CC[NH+](CC(=O)Nc1ccc(CC#N)cc1)CC(=O)NC(C)(C)C. The van der Waals surface area contributed by atoms with E-state index in [1.807, 2.05) is 39.8 Å². The zero-order valence-corrected chi connectivity index (χ0v) is 14.9. The quantitative estimate of drug-likeness (QED) is 0.680. The lowest BCUT2D eigenvalue weighted by Crippen LogP contribution is -3.14. The Morgan fingerprint density at radius 1 is 1.12 bits per heavy atom. The summed E-state index contributed by atoms with van der Waals surface area (Å²) in [7, 11) is 0. The van der Waals surface area contributed by atoms with Crippen molar-refractivity contribution in [2.24, 2.45) is 0 Å². The third-order valence-corrected chi connectivity index (χ3v) is 3.36. The highest BCUT2D eigenvalue weighted by atomic mass is 16.2. The molecule has 0 bridgehead atoms. The molecular formula is C18H27N4O2+. The monoisotopic (exact) mass is 331 g/mol. The third kappa shape index (κ3) is 7.75. The van der Waals surface area contributed by atoms with E-state index in [0.29, 0.717) is 18.7 Å². The van der Waals surface area contributed by atoms with E-state index in [1.165, 1.54) is 0 Å². The second kappa shape index (κ2) is 9.04. The zero-order valence-electron chi connectivity index (χ0n) is 14.9. The molecule has 6 heteroatoms. The molecule has 0 aliphatic rings. The van der Waals surface area contributed by atoms with E-state index >= 15 is 0 Å². The Kier molecular flexibility index (Phi) is 7.40. The topological polar surface area (TPSA) is 86.4 Å². The predicted octanol–water partition coefficient (Wildman–Crippen LogP) is 0.511. The van der Waals surface area contributed by atoms with Crippen LogP contribution in [-0.4, -0.2) is 37.0 Å². The molecule has 1 unspecified atom stereocenters. The van der Waals surface area contributed by atoms with Crippen molar-refractivity contribution in [2.45, 2.75) is 39.7 Å². The molecule has 0 saturated carbocycles. The van der Waals surface area contributed by atoms with Gasteiger partial charge in [0.2, 0.25) is 0 Å². The number of benzene rings is 1. The number of hydrogen-bond donors (Lipinski definition) is 3. The summed E-state index contributed by atoms with van der Waals surface area (Å²) in [4.78, 5) is 25.0. The maximum atomic E-state index is 12.1. The smallest absolute Gasteiger partial charge is 0.279 e. The number of quaternary nitrogens is 1. The average Bonchev–Trinajstić information content (AvgIpc) is 2.47. The van der Waals surface area contributed by atoms with Gasteiger partial charge in [-0.05, 0) is 45.4 Å². The van der Waals surface area contributed by atoms with Crippen LogP contribution >= 0.6 is 0 Å². The fourth-order valence-electron chi connectivity index (χ4n) is 2.23. The van der Waals surface area contributed by atoms with Crippen molar-refractivity contribution in [1.29, 1.82) is 5.26 Å². The van der Waals surface area contributed by atoms with Gasteiger partial charge in [0.05, 0.1) is 19.0 Å². The fraction of sp³-hybridized carbons (Fsp3) is 0.500. The number of nitrogens with zero attached hydrogens (tertiary/aromatic N) is 1. The molecule has 1 aromatic carbocycles. The van der Waals surface area contributed by atoms with Crippen LogP contribution in [0, 0.1) is 11.3 Å². The molecule has 24 heavy (non-hydrogen) atoms. The Balaban J connectivity index is 2.52. The summed E-state index contributed by atoms with van der Waals surface area (Å²) in [6.45, 7) is 8.92. The van der Waals surface area contributed by atoms with Gasteiger partial charge in [-0.3, -0.25) is 9.59 Å². The lowest BCUT2D eigenvalue weighted by molar-refractivity contribution is -0.881. The first-order chi connectivity index (χ1) is 11.2. The summed E-state index contributed by atoms with van der Waals surface area (Å²) >= 11 is 0. The Morgan fingerprint density at radius 3 is 2.21 bits per heavy atom. The molecule has 1 aromatic rings. The molecular weight excluding hydrogens is 304 g/mol. The van der Waals surface area contributed by atoms with E-state index in [1.54, 1.807) is 12.1 Å². The summed E-state index contributed by atoms with van der Waals surface area (Å²) in [5, 5.41) is 14.4. The molecule has 0 spiro atoms. The van der Waals surface area contributed by atoms with Gasteiger partial charge in [0.25, 0.3) is 11.8 Å². The van der Waals surface area contributed by atoms with E-state index in [4.69, 9.17) is 5.26 Å². The molecule has 0 radical (unpaired) electrons. The Hall–Kier alpha value is -2.39. The van der Waals surface area contributed by atoms with Gasteiger partial charge in [-0.15, -0.1) is 0 Å². The van der Waals surface area contributed by atoms with E-state index in [2.05, 4.69) is 16.7 Å². The van der Waals surface area contributed by atoms with Gasteiger partial charge in [0, 0.05) is 11.2 Å². The van der Waals surface area contributed by atoms with Crippen LogP contribution < -0.4 is 15.5 Å². The van der Waals surface area contributed by atoms with Gasteiger partial charge in [-0.1, -0.05) is 12.1 Å². The normalized spacial score (nSPS) is 12.1. The van der Waals surface area contributed by atoms with Crippen LogP contribution in [0.25, 0.3) is 0 Å². The third-order valence-electron chi connectivity index (χ3n) is 3.36. The number of nitrogens with one attached hydrogen (secondary N) is 3. The van der Waals surface area contributed by atoms with Crippen LogP contribution in [0.15, 0.2) is 24.3 Å². The van der Waals surface area contributed by atoms with Crippen molar-refractivity contribution < 1.29 is 14.5 Å². The lowest BCUT2D eigenvalue weighted by atomic mass is 10.1. The molecule has 6 nitrogen and oxygen atoms in total. The number of nitriles is 1. The summed E-state index contributed by atoms with van der Waals surface area (Å²) < 4.78 is 0. The Morgan fingerprint density at radius 2 is 1.71 bits per heavy atom. The molecule has 2 amide bonds. The van der Waals surface area contributed by atoms with Crippen LogP contribution in [0.4, 0.5) is 5.69 Å². The summed E-state index contributed by atoms with van der Waals surface area (Å²) in [6, 6.07) is 9.28. The maximum absolute atomic E-state index is 12.1. The molecule has 1 atom stereocenters. The molecule has 3 N–H and O–H groups in total. The lowest BCUT2D eigenvalue weighted by Gasteiger charge is -2.23. The van der Waals surface area contributed by atoms with Crippen molar-refractivity contribution >= 4 is 17.5 Å². The van der Waals surface area contributed by atoms with Crippen molar-refractivity contribution in [3.8, 4) is 6.07 Å². The number of likely N-dealkylation sites (N-methyl/N-ethyl adjacent to an activating group) is 1. The zero-order chi connectivity index (χ0) is 18.2. The minimum atomic E-state index is -0.274. The first-order valence-corrected chi connectivity index (χ1v) is 8.14. The van der Waals surface area contributed by atoms with E-state index in [9.17, 15) is 9.59 Å². The van der Waals surface area contributed by atoms with Gasteiger partial charge in [0.1, 0.15) is 0 Å². The van der Waals surface area contributed by atoms with Crippen LogP contribution in [0.1, 0.15) is 33.3 Å². The van der Waals surface area contributed by atoms with Gasteiger partial charge < -0.3 is 15.5 Å². The van der Waals surface area contributed by atoms with Crippen LogP contribution in [-0.2, 0) is 16.0 Å². The molecule has 0 aromatic heterocycles. The maximum Gasteiger partial charge on any atom is 0.279 e. The van der Waals surface area contributed by atoms with E-state index in [-0.39, 0.29) is 30.4 Å². The number of anilines is 1. The van der Waals surface area contributed by atoms with Gasteiger partial charge in [-0.2, -0.15) is 5.26 Å². The predicted molar refractivity (Wildman–Crippen MR) is 93.5 cm³/mol. The second-order valence-corrected chi connectivity index (χ2v) is 6.84. The number of carbonyl (C=O) groups is 2. The van der Waals surface area contributed by atoms with Crippen LogP contribution in [0.2, 0.25) is 0 Å². The molecule has 0 aliphatic carbocycles. The molecule has 130 valence electrons. The van der Waals surface area contributed by atoms with Crippen molar-refractivity contribution in [1.82, 2.24) is 5.32 Å². The van der Waals surface area contributed by atoms with Crippen molar-refractivity contribution in [3.63, 3.8) is 0 Å². The fourth-order valence-corrected chi connectivity index (χ4v) is 2.23. The van der Waals surface area contributed by atoms with Crippen molar-refractivity contribution in [2.75, 3.05) is 25.0 Å². The minimum Gasteiger partial charge on any atom is -0.347 e. The van der Waals surface area contributed by atoms with Gasteiger partial charge >= 0.3 is 0 Å². The average molecular weight is 331 g/mol. The van der Waals surface area contributed by atoms with E-state index in [0.717, 1.165) is 10.5 Å². The number of carbonyl (C=O) groups excluding carboxylic acids is 2. The second-order valence-electron chi connectivity index (χ2n) is 6.84. The number of hydrogen-bond acceptors (Lipinski definition) is 3. The van der Waals surface area contributed by atoms with Crippen molar-refractivity contribution in [3.05, 3.63) is 29.8 Å². The highest BCUT2D eigenvalue weighted by Gasteiger charge is 2.20. The molecule has 0 saturated heterocycles. The first-order valence-electron chi connectivity index (χ1n) is 8.14. The summed E-state index contributed by atoms with van der Waals surface area (Å²) in [5.74, 6) is -0.198. The first kappa shape index (κ1) is 19.7. The Bertz CT molecular complexity index is 597. The standard InChI is InChI=1S/C18H26N4O2/c1-5-22(13-17(24)21-18(2,3)4)12-16(23)20-15-8-6-14(7-9-15)10-11-19/h6-9H,5,10,12-13H2,1-4H3,(H,20,23)(H,21,24)/p+1. The molecule has 0 heterocycles. The highest BCUT2D eigenvalue weighted by molar-refractivity contribution is 5.91. The van der Waals surface area contributed by atoms with Crippen LogP contribution in [0.3, 0.4) is 0 Å². The van der Waals surface area contributed by atoms with Crippen LogP contribution in [0.5, 0.6) is 0 Å². The minimum absolute atomic E-state index is 0.0620. The molecule has 1 rings (SSSR count).